The van der Waals surface area contributed by atoms with Crippen LogP contribution in [-0.2, 0) is 6.54 Å². The van der Waals surface area contributed by atoms with Crippen molar-refractivity contribution in [1.82, 2.24) is 5.48 Å². The van der Waals surface area contributed by atoms with E-state index in [4.69, 9.17) is 26.3 Å². The van der Waals surface area contributed by atoms with Gasteiger partial charge in [0.2, 0.25) is 0 Å². The number of benzene rings is 1. The summed E-state index contributed by atoms with van der Waals surface area (Å²) in [6.45, 7) is 0.672. The molecule has 1 aromatic rings. The fraction of sp³-hybridized carbons (Fsp3) is 0.333. The quantitative estimate of drug-likeness (QED) is 0.764. The molecular formula is C9H9ClFNO3. The predicted octanol–water partition coefficient (Wildman–Crippen LogP) is 1.73. The molecule has 0 unspecified atom stereocenters. The van der Waals surface area contributed by atoms with Gasteiger partial charge in [0.05, 0.1) is 17.1 Å². The maximum atomic E-state index is 13.6. The molecule has 0 saturated carbocycles. The highest BCUT2D eigenvalue weighted by Crippen LogP contribution is 2.39. The van der Waals surface area contributed by atoms with E-state index in [1.165, 1.54) is 6.07 Å². The Hall–Kier alpha value is -1.04. The molecule has 0 aromatic heterocycles. The van der Waals surface area contributed by atoms with E-state index in [1.54, 1.807) is 0 Å². The van der Waals surface area contributed by atoms with Crippen LogP contribution in [0.3, 0.4) is 0 Å². The Labute approximate surface area is 90.5 Å². The van der Waals surface area contributed by atoms with Crippen molar-refractivity contribution in [1.29, 1.82) is 0 Å². The van der Waals surface area contributed by atoms with E-state index >= 15 is 0 Å². The second-order valence-electron chi connectivity index (χ2n) is 3.01. The molecule has 1 aliphatic rings. The van der Waals surface area contributed by atoms with Gasteiger partial charge in [0.1, 0.15) is 19.0 Å². The zero-order chi connectivity index (χ0) is 10.8. The molecular weight excluding hydrogens is 225 g/mol. The van der Waals surface area contributed by atoms with Crippen molar-refractivity contribution in [3.63, 3.8) is 0 Å². The largest absolute Gasteiger partial charge is 0.486 e. The Kier molecular flexibility index (Phi) is 2.95. The number of halogens is 2. The second-order valence-corrected chi connectivity index (χ2v) is 3.42. The molecule has 0 radical (unpaired) electrons. The number of ether oxygens (including phenoxy) is 2. The van der Waals surface area contributed by atoms with Gasteiger partial charge in [0, 0.05) is 6.07 Å². The Morgan fingerprint density at radius 3 is 2.93 bits per heavy atom. The molecule has 0 aliphatic carbocycles. The maximum absolute atomic E-state index is 13.6. The van der Waals surface area contributed by atoms with Gasteiger partial charge in [-0.1, -0.05) is 11.6 Å². The number of nitrogens with one attached hydrogen (secondary N) is 1. The van der Waals surface area contributed by atoms with Crippen molar-refractivity contribution >= 4 is 11.6 Å². The van der Waals surface area contributed by atoms with Crippen LogP contribution in [0, 0.1) is 5.82 Å². The lowest BCUT2D eigenvalue weighted by Gasteiger charge is -2.21. The average molecular weight is 234 g/mol. The summed E-state index contributed by atoms with van der Waals surface area (Å²) in [5.41, 5.74) is 2.03. The molecule has 0 saturated heterocycles. The Bertz CT molecular complexity index is 386. The lowest BCUT2D eigenvalue weighted by Crippen LogP contribution is -2.19. The molecule has 0 spiro atoms. The fourth-order valence-electron chi connectivity index (χ4n) is 1.43. The van der Waals surface area contributed by atoms with Crippen LogP contribution in [0.4, 0.5) is 4.39 Å². The third kappa shape index (κ3) is 1.86. The van der Waals surface area contributed by atoms with Gasteiger partial charge in [0.25, 0.3) is 0 Å². The lowest BCUT2D eigenvalue weighted by atomic mass is 10.1. The first kappa shape index (κ1) is 10.5. The highest BCUT2D eigenvalue weighted by molar-refractivity contribution is 6.31. The molecule has 1 aromatic carbocycles. The third-order valence-electron chi connectivity index (χ3n) is 2.07. The minimum absolute atomic E-state index is 0.0514. The van der Waals surface area contributed by atoms with E-state index in [1.807, 2.05) is 5.48 Å². The third-order valence-corrected chi connectivity index (χ3v) is 2.35. The lowest BCUT2D eigenvalue weighted by molar-refractivity contribution is 0.148. The SMILES string of the molecule is ONCc1c(F)c(Cl)cc2c1OCCO2. The maximum Gasteiger partial charge on any atom is 0.168 e. The van der Waals surface area contributed by atoms with E-state index in [0.717, 1.165) is 0 Å². The smallest absolute Gasteiger partial charge is 0.168 e. The summed E-state index contributed by atoms with van der Waals surface area (Å²) in [4.78, 5) is 0. The number of fused-ring (bicyclic) bond motifs is 1. The van der Waals surface area contributed by atoms with Crippen LogP contribution in [0.1, 0.15) is 5.56 Å². The summed E-state index contributed by atoms with van der Waals surface area (Å²) in [7, 11) is 0. The first-order valence-electron chi connectivity index (χ1n) is 4.37. The summed E-state index contributed by atoms with van der Waals surface area (Å²) in [6.07, 6.45) is 0. The van der Waals surface area contributed by atoms with Crippen molar-refractivity contribution < 1.29 is 19.1 Å². The molecule has 0 bridgehead atoms. The number of rotatable bonds is 2. The molecule has 82 valence electrons. The van der Waals surface area contributed by atoms with Crippen LogP contribution in [0.2, 0.25) is 5.02 Å². The molecule has 1 heterocycles. The van der Waals surface area contributed by atoms with Crippen molar-refractivity contribution in [2.24, 2.45) is 0 Å². The first-order chi connectivity index (χ1) is 7.24. The summed E-state index contributed by atoms with van der Waals surface area (Å²) in [5.74, 6) is 0.0880. The minimum Gasteiger partial charge on any atom is -0.486 e. The molecule has 2 rings (SSSR count). The summed E-state index contributed by atoms with van der Waals surface area (Å²) in [6, 6.07) is 1.37. The number of hydroxylamine groups is 1. The Morgan fingerprint density at radius 2 is 2.20 bits per heavy atom. The average Bonchev–Trinajstić information content (AvgIpc) is 2.25. The highest BCUT2D eigenvalue weighted by Gasteiger charge is 2.22. The summed E-state index contributed by atoms with van der Waals surface area (Å²) in [5, 5.41) is 8.53. The van der Waals surface area contributed by atoms with Crippen LogP contribution >= 0.6 is 11.6 Å². The molecule has 0 fully saturated rings. The molecule has 6 heteroatoms. The first-order valence-corrected chi connectivity index (χ1v) is 4.75. The standard InChI is InChI=1S/C9H9ClFNO3/c10-6-3-7-9(15-2-1-14-7)5(4-12-13)8(6)11/h3,12-13H,1-2,4H2. The molecule has 1 aliphatic heterocycles. The van der Waals surface area contributed by atoms with E-state index in [-0.39, 0.29) is 17.1 Å². The van der Waals surface area contributed by atoms with Gasteiger partial charge >= 0.3 is 0 Å². The molecule has 0 amide bonds. The van der Waals surface area contributed by atoms with Crippen molar-refractivity contribution in [3.8, 4) is 11.5 Å². The van der Waals surface area contributed by atoms with E-state index < -0.39 is 5.82 Å². The predicted molar refractivity (Wildman–Crippen MR) is 51.0 cm³/mol. The zero-order valence-corrected chi connectivity index (χ0v) is 8.47. The van der Waals surface area contributed by atoms with Crippen molar-refractivity contribution in [3.05, 3.63) is 22.5 Å². The topological polar surface area (TPSA) is 50.7 Å². The zero-order valence-electron chi connectivity index (χ0n) is 7.72. The van der Waals surface area contributed by atoms with Crippen LogP contribution in [0.15, 0.2) is 6.07 Å². The fourth-order valence-corrected chi connectivity index (χ4v) is 1.65. The van der Waals surface area contributed by atoms with Crippen LogP contribution in [0.25, 0.3) is 0 Å². The molecule has 15 heavy (non-hydrogen) atoms. The second kappa shape index (κ2) is 4.22. The normalized spacial score (nSPS) is 14.1. The van der Waals surface area contributed by atoms with Crippen molar-refractivity contribution in [2.45, 2.75) is 6.54 Å². The molecule has 2 N–H and O–H groups in total. The van der Waals surface area contributed by atoms with Crippen LogP contribution in [0.5, 0.6) is 11.5 Å². The van der Waals surface area contributed by atoms with E-state index in [9.17, 15) is 4.39 Å². The Balaban J connectivity index is 2.52. The van der Waals surface area contributed by atoms with Gasteiger partial charge in [-0.3, -0.25) is 0 Å². The van der Waals surface area contributed by atoms with E-state index in [2.05, 4.69) is 0 Å². The molecule has 4 nitrogen and oxygen atoms in total. The Morgan fingerprint density at radius 1 is 1.47 bits per heavy atom. The van der Waals surface area contributed by atoms with Gasteiger partial charge < -0.3 is 14.7 Å². The van der Waals surface area contributed by atoms with Gasteiger partial charge in [-0.2, -0.15) is 0 Å². The van der Waals surface area contributed by atoms with Crippen LogP contribution < -0.4 is 15.0 Å². The molecule has 0 atom stereocenters. The minimum atomic E-state index is -0.609. The van der Waals surface area contributed by atoms with Crippen molar-refractivity contribution in [2.75, 3.05) is 13.2 Å². The van der Waals surface area contributed by atoms with Gasteiger partial charge in [-0.05, 0) is 0 Å². The van der Waals surface area contributed by atoms with Gasteiger partial charge in [-0.25, -0.2) is 9.87 Å². The summed E-state index contributed by atoms with van der Waals surface area (Å²) < 4.78 is 24.1. The monoisotopic (exact) mass is 233 g/mol. The number of hydrogen-bond acceptors (Lipinski definition) is 4. The highest BCUT2D eigenvalue weighted by atomic mass is 35.5. The summed E-state index contributed by atoms with van der Waals surface area (Å²) >= 11 is 5.67. The van der Waals surface area contributed by atoms with E-state index in [0.29, 0.717) is 24.7 Å². The van der Waals surface area contributed by atoms with Crippen LogP contribution in [-0.4, -0.2) is 18.4 Å². The number of hydrogen-bond donors (Lipinski definition) is 2. The van der Waals surface area contributed by atoms with Gasteiger partial charge in [0.15, 0.2) is 11.5 Å². The van der Waals surface area contributed by atoms with Gasteiger partial charge in [-0.15, -0.1) is 0 Å².